The Morgan fingerprint density at radius 2 is 1.11 bits per heavy atom. The number of rotatable bonds is 8. The van der Waals surface area contributed by atoms with Gasteiger partial charge in [-0.1, -0.05) is 196 Å². The van der Waals surface area contributed by atoms with Gasteiger partial charge in [0.05, 0.1) is 45.5 Å². The summed E-state index contributed by atoms with van der Waals surface area (Å²) in [6.07, 6.45) is 5.09. The van der Waals surface area contributed by atoms with Crippen LogP contribution in [0, 0.1) is 32.2 Å². The maximum absolute atomic E-state index is 10.4. The third kappa shape index (κ3) is 8.99. The second kappa shape index (κ2) is 20.9. The van der Waals surface area contributed by atoms with E-state index in [0.29, 0.717) is 11.3 Å². The molecule has 0 atom stereocenters. The fourth-order valence-electron chi connectivity index (χ4n) is 10.9. The number of aromatic nitrogens is 4. The van der Waals surface area contributed by atoms with E-state index in [1.165, 1.54) is 63.7 Å². The predicted octanol–water partition coefficient (Wildman–Crippen LogP) is 19.5. The predicted molar refractivity (Wildman–Crippen MR) is 340 cm³/mol. The number of hydrogen-bond donors (Lipinski definition) is 0. The Balaban J connectivity index is 0.0000103. The Kier molecular flexibility index (Phi) is 7.62. The van der Waals surface area contributed by atoms with Gasteiger partial charge in [0.2, 0.25) is 0 Å². The van der Waals surface area contributed by atoms with E-state index >= 15 is 0 Å². The minimum absolute atomic E-state index is 0. The van der Waals surface area contributed by atoms with Gasteiger partial charge in [0.1, 0.15) is 5.82 Å². The largest absolute Gasteiger partial charge is 0.510 e. The quantitative estimate of drug-likeness (QED) is 0.112. The zero-order valence-electron chi connectivity index (χ0n) is 71.6. The van der Waals surface area contributed by atoms with E-state index in [9.17, 15) is 20.6 Å². The van der Waals surface area contributed by atoms with Gasteiger partial charge in [-0.25, -0.2) is 4.98 Å². The van der Waals surface area contributed by atoms with Crippen LogP contribution in [0.3, 0.4) is 0 Å². The minimum Gasteiger partial charge on any atom is -0.510 e. The van der Waals surface area contributed by atoms with Gasteiger partial charge < -0.3 is 13.9 Å². The summed E-state index contributed by atoms with van der Waals surface area (Å²) in [4.78, 5) is 4.81. The smallest absolute Gasteiger partial charge is 0.268 e. The molecule has 1 aliphatic rings. The molecule has 14 aromatic rings. The van der Waals surface area contributed by atoms with E-state index in [0.717, 1.165) is 21.9 Å². The third-order valence-electron chi connectivity index (χ3n) is 14.7. The molecule has 0 saturated carbocycles. The van der Waals surface area contributed by atoms with Crippen LogP contribution < -0.4 is 9.30 Å². The molecule has 84 heavy (non-hydrogen) atoms. The standard InChI is InChI=1S/C78H56N4O.Pt/c1-50-21-18-22-51(2)75(50)69-35-20-34-68-64-31-14-12-29-62(64)63-30-13-15-32-65(63)70-44-57(56-42-54(52-23-8-6-9-24-52)41-55(43-56)53-25-10-7-11-26-53)45-73-77(70)81(76(68)69)49-80(73)59-27-19-28-60(47-59)83-61-37-38-67-66-33-16-17-36-71(66)82(72(67)48-61)74-46-58(39-40-79-74)78(3,4)5;/h6-46H,1-5H3;/q-2;/i1D3,2D3,6D,7D,8D,9D,10D,11D,12D,13D,14D,15D,23D,24D,25D,26D,29D,30D,31D,32D,41D,42D,43D;. The summed E-state index contributed by atoms with van der Waals surface area (Å²) >= 11 is 0. The zero-order chi connectivity index (χ0) is 79.2. The Bertz CT molecular complexity index is 6250. The van der Waals surface area contributed by atoms with Crippen molar-refractivity contribution in [3.63, 3.8) is 0 Å². The van der Waals surface area contributed by atoms with Gasteiger partial charge >= 0.3 is 0 Å². The average Bonchev–Trinajstić information content (AvgIpc) is 1.54. The van der Waals surface area contributed by atoms with Crippen molar-refractivity contribution in [2.75, 3.05) is 0 Å². The summed E-state index contributed by atoms with van der Waals surface area (Å²) in [7, 11) is 0. The molecule has 5 nitrogen and oxygen atoms in total. The first-order chi connectivity index (χ1) is 51.8. The zero-order valence-corrected chi connectivity index (χ0v) is 46.8. The Morgan fingerprint density at radius 3 is 1.79 bits per heavy atom. The monoisotopic (exact) mass is 1290 g/mol. The van der Waals surface area contributed by atoms with Gasteiger partial charge in [0, 0.05) is 52.5 Å². The first-order valence-corrected chi connectivity index (χ1v) is 26.2. The Labute approximate surface area is 542 Å². The number of fused-ring (bicyclic) bond motifs is 10. The van der Waals surface area contributed by atoms with Gasteiger partial charge in [-0.2, -0.15) is 18.2 Å². The van der Waals surface area contributed by atoms with Gasteiger partial charge in [-0.3, -0.25) is 4.57 Å². The number of pyridine rings is 1. The van der Waals surface area contributed by atoms with E-state index in [-0.39, 0.29) is 82.6 Å². The molecule has 3 aromatic heterocycles. The molecule has 15 rings (SSSR count). The number of nitrogens with zero attached hydrogens (tertiary/aromatic N) is 4. The molecule has 4 heterocycles. The maximum Gasteiger partial charge on any atom is 0.268 e. The SMILES string of the molecule is [2H]c1c([2H])c([2H])c(-c2c([2H])c(-c3cc4c5c(c3)n(-c3[c-]c(Oc6[c-]c7c(cc6)c6ccccc6n7-c6cc(C(C)(C)C)ccn6)ccc3)[c-][n+]5-c3c(-c5c(C([2H])([2H])[2H])cccc5C([2H])([2H])[2H])cccc3-c3c([2H])c([2H])c([2H])c([2H])c3-c3c([2H])c([2H])c([2H])c([2H])c3-4)c([2H])c(-c3c([2H])c([2H])c([2H])c([2H])c3[2H])c2[2H])c([2H])c1[2H].[Pt]. The van der Waals surface area contributed by atoms with E-state index in [1.807, 2.05) is 47.0 Å². The molecule has 0 bridgehead atoms. The Hall–Kier alpha value is -9.67. The second-order valence-electron chi connectivity index (χ2n) is 20.7. The van der Waals surface area contributed by atoms with Crippen LogP contribution in [-0.4, -0.2) is 14.1 Å². The van der Waals surface area contributed by atoms with Crippen molar-refractivity contribution in [1.29, 1.82) is 0 Å². The molecule has 0 fully saturated rings. The van der Waals surface area contributed by atoms with Crippen molar-refractivity contribution in [2.24, 2.45) is 0 Å². The molecular formula is C78H56N4OPt-2. The summed E-state index contributed by atoms with van der Waals surface area (Å²) < 4.78 is 263. The van der Waals surface area contributed by atoms with Gasteiger partial charge in [-0.05, 0) is 167 Å². The van der Waals surface area contributed by atoms with Crippen molar-refractivity contribution < 1.29 is 67.4 Å². The number of para-hydroxylation sites is 2. The molecule has 0 saturated heterocycles. The van der Waals surface area contributed by atoms with E-state index in [1.54, 1.807) is 24.4 Å². The van der Waals surface area contributed by atoms with Crippen molar-refractivity contribution in [2.45, 2.75) is 39.9 Å². The first-order valence-electron chi connectivity index (χ1n) is 39.7. The van der Waals surface area contributed by atoms with Crippen LogP contribution in [0.2, 0.25) is 0 Å². The maximum atomic E-state index is 10.4. The van der Waals surface area contributed by atoms with Crippen molar-refractivity contribution in [3.8, 4) is 107 Å². The molecule has 0 N–H and O–H groups in total. The van der Waals surface area contributed by atoms with Crippen LogP contribution in [-0.2, 0) is 26.5 Å². The number of hydrogen-bond acceptors (Lipinski definition) is 2. The summed E-state index contributed by atoms with van der Waals surface area (Å²) in [6.45, 7) is 0.0585. The van der Waals surface area contributed by atoms with Crippen molar-refractivity contribution >= 4 is 32.8 Å². The van der Waals surface area contributed by atoms with Crippen LogP contribution in [0.5, 0.6) is 11.5 Å². The summed E-state index contributed by atoms with van der Waals surface area (Å²) in [6, 6.07) is 17.8. The summed E-state index contributed by atoms with van der Waals surface area (Å²) in [5, 5.41) is 1.68. The second-order valence-corrected chi connectivity index (χ2v) is 20.7. The van der Waals surface area contributed by atoms with Crippen molar-refractivity contribution in [1.82, 2.24) is 14.1 Å². The summed E-state index contributed by atoms with van der Waals surface area (Å²) in [5.41, 5.74) is -7.05. The van der Waals surface area contributed by atoms with Crippen LogP contribution in [0.25, 0.3) is 128 Å². The third-order valence-corrected chi connectivity index (χ3v) is 14.7. The molecule has 0 aliphatic carbocycles. The number of benzene rings is 11. The topological polar surface area (TPSA) is 35.9 Å². The molecular weight excluding hydrogens is 1200 g/mol. The number of imidazole rings is 1. The fraction of sp³-hybridized carbons (Fsp3) is 0.0769. The van der Waals surface area contributed by atoms with E-state index in [2.05, 4.69) is 39.2 Å². The molecule has 0 amide bonds. The van der Waals surface area contributed by atoms with Gasteiger partial charge in [0.15, 0.2) is 0 Å². The first kappa shape index (κ1) is 30.6. The molecule has 0 unspecified atom stereocenters. The van der Waals surface area contributed by atoms with Crippen molar-refractivity contribution in [3.05, 3.63) is 283 Å². The molecule has 406 valence electrons. The van der Waals surface area contributed by atoms with Crippen LogP contribution in [0.15, 0.2) is 248 Å². The molecule has 11 aromatic carbocycles. The molecule has 0 spiro atoms. The van der Waals surface area contributed by atoms with Crippen LogP contribution in [0.4, 0.5) is 0 Å². The van der Waals surface area contributed by atoms with Crippen LogP contribution in [0.1, 0.15) is 74.5 Å². The van der Waals surface area contributed by atoms with Crippen LogP contribution >= 0.6 is 0 Å². The number of aryl methyl sites for hydroxylation is 2. The molecule has 0 radical (unpaired) electrons. The van der Waals surface area contributed by atoms with Gasteiger partial charge in [-0.15, -0.1) is 29.7 Å². The number of ether oxygens (including phenoxy) is 1. The van der Waals surface area contributed by atoms with Gasteiger partial charge in [0.25, 0.3) is 6.33 Å². The van der Waals surface area contributed by atoms with E-state index < -0.39 is 207 Å². The molecule has 1 aliphatic heterocycles. The van der Waals surface area contributed by atoms with E-state index in [4.69, 9.17) is 26.2 Å². The minimum atomic E-state index is -3.10. The average molecular weight is 1290 g/mol. The Morgan fingerprint density at radius 1 is 0.512 bits per heavy atom. The fourth-order valence-corrected chi connectivity index (χ4v) is 10.9. The summed E-state index contributed by atoms with van der Waals surface area (Å²) in [5.74, 6) is 0.771. The normalized spacial score (nSPS) is 16.6. The molecule has 6 heteroatoms.